The second kappa shape index (κ2) is 11.8. The molecular formula is C22H24F3N3O2. The fourth-order valence-corrected chi connectivity index (χ4v) is 2.91. The SMILES string of the molecule is N#CCCCCC1=NC=C(NC(=O)Cc2cccc(OC(F)(F)F)c2)CCCC=C1. The lowest BCUT2D eigenvalue weighted by Crippen LogP contribution is -2.24. The third kappa shape index (κ3) is 9.41. The van der Waals surface area contributed by atoms with Crippen LogP contribution in [-0.4, -0.2) is 18.0 Å². The maximum Gasteiger partial charge on any atom is 0.573 e. The largest absolute Gasteiger partial charge is 0.573 e. The minimum atomic E-state index is -4.78. The predicted octanol–water partition coefficient (Wildman–Crippen LogP) is 5.35. The van der Waals surface area contributed by atoms with Crippen molar-refractivity contribution in [1.29, 1.82) is 5.26 Å². The van der Waals surface area contributed by atoms with Gasteiger partial charge in [-0.25, -0.2) is 0 Å². The lowest BCUT2D eigenvalue weighted by Gasteiger charge is -2.11. The number of nitrogens with one attached hydrogen (secondary N) is 1. The van der Waals surface area contributed by atoms with Crippen molar-refractivity contribution >= 4 is 11.6 Å². The molecule has 30 heavy (non-hydrogen) atoms. The number of hydrogen-bond donors (Lipinski definition) is 1. The Morgan fingerprint density at radius 2 is 2.13 bits per heavy atom. The van der Waals surface area contributed by atoms with Crippen LogP contribution in [0, 0.1) is 11.3 Å². The Morgan fingerprint density at radius 1 is 1.30 bits per heavy atom. The molecule has 8 heteroatoms. The number of benzene rings is 1. The summed E-state index contributed by atoms with van der Waals surface area (Å²) < 4.78 is 41.0. The van der Waals surface area contributed by atoms with E-state index in [1.807, 2.05) is 12.2 Å². The molecule has 0 fully saturated rings. The number of nitrogens with zero attached hydrogens (tertiary/aromatic N) is 2. The van der Waals surface area contributed by atoms with Gasteiger partial charge in [0, 0.05) is 24.0 Å². The van der Waals surface area contributed by atoms with Gasteiger partial charge in [0.2, 0.25) is 5.91 Å². The molecule has 5 nitrogen and oxygen atoms in total. The average Bonchev–Trinajstić information content (AvgIpc) is 2.77. The van der Waals surface area contributed by atoms with E-state index in [4.69, 9.17) is 5.26 Å². The Labute approximate surface area is 173 Å². The Balaban J connectivity index is 1.98. The van der Waals surface area contributed by atoms with E-state index < -0.39 is 6.36 Å². The molecule has 0 aliphatic carbocycles. The number of nitriles is 1. The Kier molecular flexibility index (Phi) is 9.13. The first-order chi connectivity index (χ1) is 14.4. The van der Waals surface area contributed by atoms with Crippen LogP contribution in [0.5, 0.6) is 5.75 Å². The summed E-state index contributed by atoms with van der Waals surface area (Å²) in [5, 5.41) is 11.4. The van der Waals surface area contributed by atoms with Crippen LogP contribution in [0.25, 0.3) is 0 Å². The monoisotopic (exact) mass is 419 g/mol. The minimum absolute atomic E-state index is 0.0740. The van der Waals surface area contributed by atoms with Crippen molar-refractivity contribution in [3.05, 3.63) is 53.9 Å². The number of unbranched alkanes of at least 4 members (excludes halogenated alkanes) is 2. The third-order valence-corrected chi connectivity index (χ3v) is 4.28. The molecule has 1 heterocycles. The normalized spacial score (nSPS) is 14.5. The van der Waals surface area contributed by atoms with Gasteiger partial charge in [0.15, 0.2) is 0 Å². The Hall–Kier alpha value is -3.08. The van der Waals surface area contributed by atoms with Gasteiger partial charge < -0.3 is 10.1 Å². The quantitative estimate of drug-likeness (QED) is 0.577. The van der Waals surface area contributed by atoms with Crippen LogP contribution < -0.4 is 10.1 Å². The molecule has 0 atom stereocenters. The van der Waals surface area contributed by atoms with Gasteiger partial charge in [0.05, 0.1) is 12.5 Å². The lowest BCUT2D eigenvalue weighted by atomic mass is 10.1. The van der Waals surface area contributed by atoms with Gasteiger partial charge in [-0.2, -0.15) is 5.26 Å². The van der Waals surface area contributed by atoms with E-state index >= 15 is 0 Å². The van der Waals surface area contributed by atoms with Crippen molar-refractivity contribution in [2.45, 2.75) is 57.7 Å². The van der Waals surface area contributed by atoms with E-state index in [1.165, 1.54) is 18.2 Å². The second-order valence-corrected chi connectivity index (χ2v) is 6.85. The average molecular weight is 419 g/mol. The van der Waals surface area contributed by atoms with Gasteiger partial charge in [-0.3, -0.25) is 9.79 Å². The van der Waals surface area contributed by atoms with Gasteiger partial charge in [0.25, 0.3) is 0 Å². The van der Waals surface area contributed by atoms with E-state index in [9.17, 15) is 18.0 Å². The van der Waals surface area contributed by atoms with Gasteiger partial charge in [-0.05, 0) is 62.3 Å². The Bertz CT molecular complexity index is 852. The number of halogens is 3. The van der Waals surface area contributed by atoms with E-state index in [2.05, 4.69) is 21.1 Å². The number of ether oxygens (including phenoxy) is 1. The summed E-state index contributed by atoms with van der Waals surface area (Å²) in [7, 11) is 0. The zero-order valence-electron chi connectivity index (χ0n) is 16.5. The summed E-state index contributed by atoms with van der Waals surface area (Å²) in [6.07, 6.45) is 6.08. The van der Waals surface area contributed by atoms with E-state index in [0.717, 1.165) is 37.8 Å². The summed E-state index contributed by atoms with van der Waals surface area (Å²) in [5.74, 6) is -0.686. The molecule has 1 aromatic carbocycles. The van der Waals surface area contributed by atoms with Crippen LogP contribution in [0.2, 0.25) is 0 Å². The highest BCUT2D eigenvalue weighted by atomic mass is 19.4. The first-order valence-electron chi connectivity index (χ1n) is 9.79. The zero-order valence-corrected chi connectivity index (χ0v) is 16.5. The highest BCUT2D eigenvalue weighted by Gasteiger charge is 2.31. The molecule has 0 aromatic heterocycles. The predicted molar refractivity (Wildman–Crippen MR) is 108 cm³/mol. The third-order valence-electron chi connectivity index (χ3n) is 4.28. The lowest BCUT2D eigenvalue weighted by molar-refractivity contribution is -0.274. The van der Waals surface area contributed by atoms with Crippen LogP contribution in [0.4, 0.5) is 13.2 Å². The molecule has 1 aliphatic rings. The molecular weight excluding hydrogens is 395 g/mol. The second-order valence-electron chi connectivity index (χ2n) is 6.85. The summed E-state index contributed by atoms with van der Waals surface area (Å²) in [5.41, 5.74) is 1.97. The molecule has 0 spiro atoms. The molecule has 2 rings (SSSR count). The molecule has 0 unspecified atom stereocenters. The smallest absolute Gasteiger partial charge is 0.406 e. The van der Waals surface area contributed by atoms with E-state index in [0.29, 0.717) is 24.1 Å². The molecule has 160 valence electrons. The van der Waals surface area contributed by atoms with Gasteiger partial charge >= 0.3 is 6.36 Å². The van der Waals surface area contributed by atoms with Crippen LogP contribution in [0.3, 0.4) is 0 Å². The van der Waals surface area contributed by atoms with Crippen molar-refractivity contribution in [3.8, 4) is 11.8 Å². The fraction of sp³-hybridized carbons (Fsp3) is 0.409. The van der Waals surface area contributed by atoms with Crippen LogP contribution in [0.15, 0.2) is 53.3 Å². The van der Waals surface area contributed by atoms with E-state index in [1.54, 1.807) is 12.3 Å². The van der Waals surface area contributed by atoms with Crippen LogP contribution >= 0.6 is 0 Å². The molecule has 1 amide bonds. The highest BCUT2D eigenvalue weighted by Crippen LogP contribution is 2.23. The topological polar surface area (TPSA) is 74.5 Å². The van der Waals surface area contributed by atoms with E-state index in [-0.39, 0.29) is 18.1 Å². The fourth-order valence-electron chi connectivity index (χ4n) is 2.91. The summed E-state index contributed by atoms with van der Waals surface area (Å²) in [4.78, 5) is 16.8. The first kappa shape index (κ1) is 23.2. The number of rotatable bonds is 8. The first-order valence-corrected chi connectivity index (χ1v) is 9.79. The number of amides is 1. The maximum atomic E-state index is 12.4. The van der Waals surface area contributed by atoms with Crippen LogP contribution in [-0.2, 0) is 11.2 Å². The number of hydrogen-bond acceptors (Lipinski definition) is 4. The molecule has 0 saturated heterocycles. The highest BCUT2D eigenvalue weighted by molar-refractivity contribution is 5.95. The van der Waals surface area contributed by atoms with Gasteiger partial charge in [0.1, 0.15) is 5.75 Å². The Morgan fingerprint density at radius 3 is 2.90 bits per heavy atom. The van der Waals surface area contributed by atoms with Crippen molar-refractivity contribution in [3.63, 3.8) is 0 Å². The van der Waals surface area contributed by atoms with Crippen molar-refractivity contribution < 1.29 is 22.7 Å². The number of aliphatic imine (C=N–C) groups is 1. The molecule has 1 aliphatic heterocycles. The molecule has 0 saturated carbocycles. The zero-order chi connectivity index (χ0) is 21.8. The number of carbonyl (C=O) groups excluding carboxylic acids is 1. The number of alkyl halides is 3. The van der Waals surface area contributed by atoms with Crippen molar-refractivity contribution in [2.24, 2.45) is 4.99 Å². The maximum absolute atomic E-state index is 12.4. The minimum Gasteiger partial charge on any atom is -0.406 e. The molecule has 0 bridgehead atoms. The number of carbonyl (C=O) groups is 1. The molecule has 1 N–H and O–H groups in total. The van der Waals surface area contributed by atoms with Gasteiger partial charge in [-0.1, -0.05) is 18.2 Å². The van der Waals surface area contributed by atoms with Crippen molar-refractivity contribution in [1.82, 2.24) is 5.32 Å². The van der Waals surface area contributed by atoms with Crippen LogP contribution in [0.1, 0.15) is 50.5 Å². The molecule has 0 radical (unpaired) electrons. The number of allylic oxidation sites excluding steroid dienone is 3. The standard InChI is InChI=1S/C22H24F3N3O2/c23-22(24,25)30-20-12-7-8-17(14-20)15-21(29)28-19-11-4-1-3-9-18(27-16-19)10-5-2-6-13-26/h3,7-9,12,14,16H,1-2,4-6,10-11,15H2,(H,28,29). The summed E-state index contributed by atoms with van der Waals surface area (Å²) in [6, 6.07) is 7.50. The van der Waals surface area contributed by atoms with Crippen molar-refractivity contribution in [2.75, 3.05) is 0 Å². The van der Waals surface area contributed by atoms with Gasteiger partial charge in [-0.15, -0.1) is 13.2 Å². The summed E-state index contributed by atoms with van der Waals surface area (Å²) >= 11 is 0. The summed E-state index contributed by atoms with van der Waals surface area (Å²) in [6.45, 7) is 0. The molecule has 1 aromatic rings.